The van der Waals surface area contributed by atoms with Crippen LogP contribution in [0.2, 0.25) is 0 Å². The van der Waals surface area contributed by atoms with E-state index in [-0.39, 0.29) is 37.5 Å². The van der Waals surface area contributed by atoms with Crippen LogP contribution in [0, 0.1) is 36.0 Å². The van der Waals surface area contributed by atoms with Gasteiger partial charge < -0.3 is 14.7 Å². The first kappa shape index (κ1) is 32.5. The maximum absolute atomic E-state index is 15.4. The highest BCUT2D eigenvalue weighted by Crippen LogP contribution is 2.35. The van der Waals surface area contributed by atoms with E-state index in [1.54, 1.807) is 12.1 Å². The molecule has 2 fully saturated rings. The molecule has 2 saturated heterocycles. The number of nitrogens with zero attached hydrogens (tertiary/aromatic N) is 2. The zero-order valence-electron chi connectivity index (χ0n) is 24.0. The lowest BCUT2D eigenvalue weighted by atomic mass is 9.91. The Bertz CT molecular complexity index is 1720. The molecule has 45 heavy (non-hydrogen) atoms. The van der Waals surface area contributed by atoms with E-state index in [9.17, 15) is 40.7 Å². The number of anilines is 1. The van der Waals surface area contributed by atoms with Gasteiger partial charge in [0.15, 0.2) is 28.2 Å². The number of ether oxygens (including phenoxy) is 1. The Balaban J connectivity index is 1.52. The van der Waals surface area contributed by atoms with E-state index in [4.69, 9.17) is 4.74 Å². The molecule has 0 aromatic heterocycles. The molecule has 14 heteroatoms. The topological polar surface area (TPSA) is 104 Å². The molecular formula is C31H29F5N2O6S. The Hall–Kier alpha value is -3.88. The second-order valence-corrected chi connectivity index (χ2v) is 12.8. The van der Waals surface area contributed by atoms with Gasteiger partial charge in [0, 0.05) is 25.3 Å². The molecule has 2 aliphatic heterocycles. The van der Waals surface area contributed by atoms with E-state index in [2.05, 4.69) is 0 Å². The number of carboxylic acid groups (broad SMARTS) is 1. The van der Waals surface area contributed by atoms with Crippen molar-refractivity contribution in [1.82, 2.24) is 4.31 Å². The highest BCUT2D eigenvalue weighted by atomic mass is 32.2. The van der Waals surface area contributed by atoms with Crippen molar-refractivity contribution < 1.29 is 49.8 Å². The molecule has 2 heterocycles. The molecule has 2 aliphatic rings. The van der Waals surface area contributed by atoms with Gasteiger partial charge in [-0.05, 0) is 67.9 Å². The van der Waals surface area contributed by atoms with E-state index >= 15 is 4.39 Å². The largest absolute Gasteiger partial charge is 0.478 e. The number of hydrogen-bond donors (Lipinski definition) is 1. The number of benzene rings is 3. The minimum absolute atomic E-state index is 0.0651. The van der Waals surface area contributed by atoms with E-state index in [1.807, 2.05) is 12.1 Å². The molecule has 0 aliphatic carbocycles. The molecule has 240 valence electrons. The Morgan fingerprint density at radius 2 is 1.60 bits per heavy atom. The summed E-state index contributed by atoms with van der Waals surface area (Å²) in [5, 5.41) is 9.28. The number of carbonyl (C=O) groups excluding carboxylic acids is 1. The predicted octanol–water partition coefficient (Wildman–Crippen LogP) is 5.67. The molecule has 1 atom stereocenters. The van der Waals surface area contributed by atoms with Crippen LogP contribution in [0.1, 0.15) is 58.6 Å². The normalized spacial score (nSPS) is 17.9. The van der Waals surface area contributed by atoms with Crippen LogP contribution in [0.4, 0.5) is 27.6 Å². The van der Waals surface area contributed by atoms with Gasteiger partial charge in [-0.2, -0.15) is 4.31 Å². The standard InChI is InChI=1S/C31H29F5N2O6S/c1-17-25(33)27(35)28(36)29(26(17)34)45(42,43)38-12-2-3-24(38)30(39)37(23-9-8-21(31(40)41)15-22(23)32)16-18-4-6-19(7-5-18)20-10-13-44-14-11-20/h4-9,15,20,24H,2-3,10-14,16H2,1H3,(H,40,41)/t24-/m1/s1. The van der Waals surface area contributed by atoms with E-state index in [0.717, 1.165) is 42.4 Å². The number of aromatic carboxylic acids is 1. The summed E-state index contributed by atoms with van der Waals surface area (Å²) >= 11 is 0. The first-order valence-electron chi connectivity index (χ1n) is 14.2. The van der Waals surface area contributed by atoms with Crippen molar-refractivity contribution in [3.63, 3.8) is 0 Å². The van der Waals surface area contributed by atoms with Gasteiger partial charge in [-0.15, -0.1) is 0 Å². The van der Waals surface area contributed by atoms with Gasteiger partial charge in [-0.25, -0.2) is 35.2 Å². The summed E-state index contributed by atoms with van der Waals surface area (Å²) in [5.41, 5.74) is -0.239. The zero-order valence-corrected chi connectivity index (χ0v) is 24.9. The Labute approximate surface area is 256 Å². The highest BCUT2D eigenvalue weighted by Gasteiger charge is 2.45. The number of sulfonamides is 1. The Kier molecular flexibility index (Phi) is 9.28. The quantitative estimate of drug-likeness (QED) is 0.191. The fourth-order valence-corrected chi connectivity index (χ4v) is 7.60. The predicted molar refractivity (Wildman–Crippen MR) is 152 cm³/mol. The third-order valence-corrected chi connectivity index (χ3v) is 10.2. The molecule has 5 rings (SSSR count). The third kappa shape index (κ3) is 6.18. The summed E-state index contributed by atoms with van der Waals surface area (Å²) in [7, 11) is -5.24. The molecule has 0 bridgehead atoms. The van der Waals surface area contributed by atoms with E-state index in [1.165, 1.54) is 0 Å². The van der Waals surface area contributed by atoms with Gasteiger partial charge >= 0.3 is 5.97 Å². The number of hydrogen-bond acceptors (Lipinski definition) is 5. The molecule has 1 amide bonds. The smallest absolute Gasteiger partial charge is 0.335 e. The van der Waals surface area contributed by atoms with Gasteiger partial charge in [0.1, 0.15) is 11.9 Å². The van der Waals surface area contributed by atoms with Gasteiger partial charge in [-0.3, -0.25) is 4.79 Å². The van der Waals surface area contributed by atoms with Crippen LogP contribution >= 0.6 is 0 Å². The van der Waals surface area contributed by atoms with Crippen LogP contribution in [-0.4, -0.2) is 55.5 Å². The summed E-state index contributed by atoms with van der Waals surface area (Å²) in [6.07, 6.45) is 1.60. The monoisotopic (exact) mass is 652 g/mol. The molecular weight excluding hydrogens is 623 g/mol. The van der Waals surface area contributed by atoms with Gasteiger partial charge in [-0.1, -0.05) is 24.3 Å². The summed E-state index contributed by atoms with van der Waals surface area (Å²) in [6, 6.07) is 8.44. The first-order chi connectivity index (χ1) is 21.3. The van der Waals surface area contributed by atoms with Crippen LogP contribution in [0.5, 0.6) is 0 Å². The van der Waals surface area contributed by atoms with Gasteiger partial charge in [0.05, 0.1) is 17.8 Å². The lowest BCUT2D eigenvalue weighted by molar-refractivity contribution is -0.121. The van der Waals surface area contributed by atoms with Crippen LogP contribution in [0.3, 0.4) is 0 Å². The lowest BCUT2D eigenvalue weighted by Gasteiger charge is -2.31. The number of halogens is 5. The number of amides is 1. The van der Waals surface area contributed by atoms with Crippen LogP contribution in [-0.2, 0) is 26.1 Å². The summed E-state index contributed by atoms with van der Waals surface area (Å²) in [5.74, 6) is -11.3. The number of carboxylic acids is 1. The fourth-order valence-electron chi connectivity index (χ4n) is 5.77. The molecule has 8 nitrogen and oxygen atoms in total. The van der Waals surface area contributed by atoms with Gasteiger partial charge in [0.25, 0.3) is 0 Å². The van der Waals surface area contributed by atoms with Crippen LogP contribution < -0.4 is 4.90 Å². The summed E-state index contributed by atoms with van der Waals surface area (Å²) < 4.78 is 106. The lowest BCUT2D eigenvalue weighted by Crippen LogP contribution is -2.48. The minimum Gasteiger partial charge on any atom is -0.478 e. The van der Waals surface area contributed by atoms with Crippen molar-refractivity contribution in [2.75, 3.05) is 24.7 Å². The Morgan fingerprint density at radius 1 is 0.933 bits per heavy atom. The SMILES string of the molecule is Cc1c(F)c(F)c(F)c(S(=O)(=O)N2CCC[C@@H]2C(=O)N(Cc2ccc(C3CCOCC3)cc2)c2ccc(C(=O)O)cc2F)c1F. The zero-order chi connectivity index (χ0) is 32.6. The van der Waals surface area contributed by atoms with Crippen molar-refractivity contribution in [3.05, 3.63) is 93.8 Å². The third-order valence-electron chi connectivity index (χ3n) is 8.26. The summed E-state index contributed by atoms with van der Waals surface area (Å²) in [6.45, 7) is 1.34. The Morgan fingerprint density at radius 3 is 2.22 bits per heavy atom. The van der Waals surface area contributed by atoms with Crippen LogP contribution in [0.25, 0.3) is 0 Å². The van der Waals surface area contributed by atoms with Crippen molar-refractivity contribution >= 4 is 27.6 Å². The second-order valence-electron chi connectivity index (χ2n) is 11.0. The fraction of sp³-hybridized carbons (Fsp3) is 0.355. The maximum Gasteiger partial charge on any atom is 0.335 e. The minimum atomic E-state index is -5.24. The molecule has 1 N–H and O–H groups in total. The molecule has 3 aromatic carbocycles. The average Bonchev–Trinajstić information content (AvgIpc) is 3.54. The number of rotatable bonds is 8. The molecule has 0 spiro atoms. The van der Waals surface area contributed by atoms with Crippen molar-refractivity contribution in [1.29, 1.82) is 0 Å². The summed E-state index contributed by atoms with van der Waals surface area (Å²) in [4.78, 5) is 24.7. The maximum atomic E-state index is 15.4. The van der Waals surface area contributed by atoms with Crippen molar-refractivity contribution in [3.8, 4) is 0 Å². The number of carbonyl (C=O) groups is 2. The molecule has 3 aromatic rings. The molecule has 0 saturated carbocycles. The second kappa shape index (κ2) is 12.9. The highest BCUT2D eigenvalue weighted by molar-refractivity contribution is 7.89. The van der Waals surface area contributed by atoms with Crippen molar-refractivity contribution in [2.24, 2.45) is 0 Å². The van der Waals surface area contributed by atoms with E-state index in [0.29, 0.717) is 29.1 Å². The van der Waals surface area contributed by atoms with Gasteiger partial charge in [0.2, 0.25) is 15.9 Å². The van der Waals surface area contributed by atoms with Crippen molar-refractivity contribution in [2.45, 2.75) is 56.0 Å². The molecule has 0 unspecified atom stereocenters. The van der Waals surface area contributed by atoms with Crippen LogP contribution in [0.15, 0.2) is 47.4 Å². The average molecular weight is 653 g/mol. The van der Waals surface area contributed by atoms with E-state index < -0.39 is 73.1 Å². The molecule has 0 radical (unpaired) electrons. The first-order valence-corrected chi connectivity index (χ1v) is 15.6.